The molecule has 1 fully saturated rings. The molecule has 1 aliphatic rings. The van der Waals surface area contributed by atoms with E-state index in [0.717, 1.165) is 38.3 Å². The zero-order valence-electron chi connectivity index (χ0n) is 10.6. The lowest BCUT2D eigenvalue weighted by atomic mass is 9.79. The molecule has 0 aromatic carbocycles. The van der Waals surface area contributed by atoms with Crippen molar-refractivity contribution in [1.82, 2.24) is 5.32 Å². The van der Waals surface area contributed by atoms with Gasteiger partial charge in [0.1, 0.15) is 0 Å². The van der Waals surface area contributed by atoms with Crippen LogP contribution in [-0.2, 0) is 6.42 Å². The van der Waals surface area contributed by atoms with E-state index in [1.165, 1.54) is 18.4 Å². The van der Waals surface area contributed by atoms with Crippen LogP contribution >= 0.6 is 11.3 Å². The Bertz CT molecular complexity index is 315. The number of rotatable bonds is 5. The molecule has 1 aromatic heterocycles. The van der Waals surface area contributed by atoms with E-state index in [-0.39, 0.29) is 0 Å². The summed E-state index contributed by atoms with van der Waals surface area (Å²) in [6.07, 6.45) is 5.32. The molecule has 1 aliphatic carbocycles. The minimum Gasteiger partial charge on any atom is -0.389 e. The van der Waals surface area contributed by atoms with Gasteiger partial charge < -0.3 is 10.4 Å². The predicted molar refractivity (Wildman–Crippen MR) is 73.5 cm³/mol. The van der Waals surface area contributed by atoms with E-state index in [1.807, 2.05) is 0 Å². The van der Waals surface area contributed by atoms with Crippen LogP contribution in [0.4, 0.5) is 0 Å². The molecular weight excluding hydrogens is 230 g/mol. The van der Waals surface area contributed by atoms with E-state index in [0.29, 0.717) is 0 Å². The first-order valence-electron chi connectivity index (χ1n) is 6.62. The summed E-state index contributed by atoms with van der Waals surface area (Å²) >= 11 is 1.75. The molecule has 1 heterocycles. The molecule has 2 N–H and O–H groups in total. The van der Waals surface area contributed by atoms with Gasteiger partial charge in [-0.05, 0) is 67.0 Å². The summed E-state index contributed by atoms with van der Waals surface area (Å²) in [7, 11) is 0. The van der Waals surface area contributed by atoms with Crippen molar-refractivity contribution in [3.8, 4) is 0 Å². The zero-order valence-corrected chi connectivity index (χ0v) is 11.4. The molecule has 0 atom stereocenters. The quantitative estimate of drug-likeness (QED) is 0.791. The zero-order chi connectivity index (χ0) is 12.1. The van der Waals surface area contributed by atoms with Gasteiger partial charge in [-0.25, -0.2) is 0 Å². The summed E-state index contributed by atoms with van der Waals surface area (Å²) in [5.74, 6) is 0.793. The predicted octanol–water partition coefficient (Wildman–Crippen LogP) is 2.82. The van der Waals surface area contributed by atoms with Crippen LogP contribution < -0.4 is 5.32 Å². The molecule has 0 unspecified atom stereocenters. The summed E-state index contributed by atoms with van der Waals surface area (Å²) < 4.78 is 0. The maximum absolute atomic E-state index is 10.4. The van der Waals surface area contributed by atoms with Gasteiger partial charge in [0.05, 0.1) is 5.60 Å². The number of nitrogens with one attached hydrogen (secondary N) is 1. The minimum absolute atomic E-state index is 0.443. The molecule has 1 aromatic rings. The fourth-order valence-electron chi connectivity index (χ4n) is 2.46. The maximum atomic E-state index is 10.4. The summed E-state index contributed by atoms with van der Waals surface area (Å²) in [6, 6.07) is 2.17. The summed E-state index contributed by atoms with van der Waals surface area (Å²) in [4.78, 5) is 0. The first-order chi connectivity index (χ1) is 8.18. The second-order valence-electron chi connectivity index (χ2n) is 5.47. The Morgan fingerprint density at radius 1 is 1.47 bits per heavy atom. The molecule has 1 saturated carbocycles. The molecule has 96 valence electrons. The van der Waals surface area contributed by atoms with Gasteiger partial charge >= 0.3 is 0 Å². The molecule has 2 nitrogen and oxygen atoms in total. The van der Waals surface area contributed by atoms with Gasteiger partial charge in [-0.1, -0.05) is 6.92 Å². The fraction of sp³-hybridized carbons (Fsp3) is 0.714. The molecule has 3 heteroatoms. The lowest BCUT2D eigenvalue weighted by Crippen LogP contribution is -2.43. The highest BCUT2D eigenvalue weighted by Gasteiger charge is 2.30. The Morgan fingerprint density at radius 3 is 2.88 bits per heavy atom. The first-order valence-corrected chi connectivity index (χ1v) is 7.56. The van der Waals surface area contributed by atoms with Crippen LogP contribution in [0.3, 0.4) is 0 Å². The third-order valence-electron chi connectivity index (χ3n) is 3.83. The number of aliphatic hydroxyl groups is 1. The highest BCUT2D eigenvalue weighted by atomic mass is 32.1. The average molecular weight is 253 g/mol. The highest BCUT2D eigenvalue weighted by Crippen LogP contribution is 2.31. The van der Waals surface area contributed by atoms with Crippen molar-refractivity contribution < 1.29 is 5.11 Å². The van der Waals surface area contributed by atoms with Gasteiger partial charge in [-0.2, -0.15) is 11.3 Å². The topological polar surface area (TPSA) is 32.3 Å². The van der Waals surface area contributed by atoms with Crippen LogP contribution in [0.25, 0.3) is 0 Å². The van der Waals surface area contributed by atoms with Crippen molar-refractivity contribution in [2.75, 3.05) is 13.1 Å². The van der Waals surface area contributed by atoms with Gasteiger partial charge in [0, 0.05) is 6.54 Å². The van der Waals surface area contributed by atoms with Crippen molar-refractivity contribution in [3.05, 3.63) is 22.4 Å². The highest BCUT2D eigenvalue weighted by molar-refractivity contribution is 7.07. The Kier molecular flexibility index (Phi) is 4.60. The van der Waals surface area contributed by atoms with Crippen LogP contribution in [0.5, 0.6) is 0 Å². The molecular formula is C14H23NOS. The van der Waals surface area contributed by atoms with E-state index in [9.17, 15) is 5.11 Å². The molecule has 0 amide bonds. The summed E-state index contributed by atoms with van der Waals surface area (Å²) in [6.45, 7) is 4.00. The number of thiophene rings is 1. The lowest BCUT2D eigenvalue weighted by molar-refractivity contribution is -0.00583. The Labute approximate surface area is 108 Å². The summed E-state index contributed by atoms with van der Waals surface area (Å²) in [5.41, 5.74) is 0.952. The molecule has 0 aliphatic heterocycles. The smallest absolute Gasteiger partial charge is 0.0771 e. The standard InChI is InChI=1S/C14H23NOS/c1-12-2-6-14(16,7-3-12)11-15-8-4-13-5-9-17-10-13/h5,9-10,12,15-16H,2-4,6-8,11H2,1H3. The molecule has 0 spiro atoms. The van der Waals surface area contributed by atoms with Gasteiger partial charge in [0.2, 0.25) is 0 Å². The van der Waals surface area contributed by atoms with Gasteiger partial charge in [-0.15, -0.1) is 0 Å². The van der Waals surface area contributed by atoms with Crippen molar-refractivity contribution in [2.45, 2.75) is 44.6 Å². The van der Waals surface area contributed by atoms with Crippen molar-refractivity contribution in [3.63, 3.8) is 0 Å². The van der Waals surface area contributed by atoms with E-state index in [4.69, 9.17) is 0 Å². The van der Waals surface area contributed by atoms with Crippen LogP contribution in [0.1, 0.15) is 38.2 Å². The minimum atomic E-state index is -0.443. The summed E-state index contributed by atoms with van der Waals surface area (Å²) in [5, 5.41) is 18.1. The van der Waals surface area contributed by atoms with E-state index >= 15 is 0 Å². The normalized spacial score (nSPS) is 29.4. The third kappa shape index (κ3) is 4.09. The number of hydrogen-bond acceptors (Lipinski definition) is 3. The number of hydrogen-bond donors (Lipinski definition) is 2. The third-order valence-corrected chi connectivity index (χ3v) is 4.56. The molecule has 2 rings (SSSR count). The van der Waals surface area contributed by atoms with E-state index in [2.05, 4.69) is 29.1 Å². The first kappa shape index (κ1) is 13.1. The van der Waals surface area contributed by atoms with E-state index in [1.54, 1.807) is 11.3 Å². The van der Waals surface area contributed by atoms with Crippen LogP contribution in [0, 0.1) is 5.92 Å². The van der Waals surface area contributed by atoms with Gasteiger partial charge in [0.15, 0.2) is 0 Å². The van der Waals surface area contributed by atoms with Crippen LogP contribution in [0.2, 0.25) is 0 Å². The van der Waals surface area contributed by atoms with Crippen LogP contribution in [-0.4, -0.2) is 23.8 Å². The molecule has 0 radical (unpaired) electrons. The SMILES string of the molecule is CC1CCC(O)(CNCCc2ccsc2)CC1. The van der Waals surface area contributed by atoms with E-state index < -0.39 is 5.60 Å². The molecule has 0 bridgehead atoms. The van der Waals surface area contributed by atoms with Crippen molar-refractivity contribution >= 4 is 11.3 Å². The lowest BCUT2D eigenvalue weighted by Gasteiger charge is -2.35. The Morgan fingerprint density at radius 2 is 2.24 bits per heavy atom. The Hall–Kier alpha value is -0.380. The second-order valence-corrected chi connectivity index (χ2v) is 6.25. The Balaban J connectivity index is 1.64. The van der Waals surface area contributed by atoms with Crippen molar-refractivity contribution in [1.29, 1.82) is 0 Å². The maximum Gasteiger partial charge on any atom is 0.0771 e. The molecule has 17 heavy (non-hydrogen) atoms. The average Bonchev–Trinajstić information content (AvgIpc) is 2.82. The van der Waals surface area contributed by atoms with Crippen molar-refractivity contribution in [2.24, 2.45) is 5.92 Å². The van der Waals surface area contributed by atoms with Gasteiger partial charge in [-0.3, -0.25) is 0 Å². The largest absolute Gasteiger partial charge is 0.389 e. The van der Waals surface area contributed by atoms with Crippen LogP contribution in [0.15, 0.2) is 16.8 Å². The monoisotopic (exact) mass is 253 g/mol. The van der Waals surface area contributed by atoms with Gasteiger partial charge in [0.25, 0.3) is 0 Å². The molecule has 0 saturated heterocycles. The fourth-order valence-corrected chi connectivity index (χ4v) is 3.17. The second kappa shape index (κ2) is 5.98.